The Hall–Kier alpha value is -2.20. The largest absolute Gasteiger partial charge is 0.381 e. The molecule has 1 aliphatic heterocycles. The van der Waals surface area contributed by atoms with Crippen LogP contribution in [0.4, 0.5) is 0 Å². The number of piperidine rings is 1. The zero-order valence-corrected chi connectivity index (χ0v) is 15.2. The Morgan fingerprint density at radius 3 is 2.76 bits per heavy atom. The minimum Gasteiger partial charge on any atom is -0.381 e. The first-order chi connectivity index (χ1) is 12.1. The number of ether oxygens (including phenoxy) is 1. The van der Waals surface area contributed by atoms with Gasteiger partial charge in [-0.1, -0.05) is 35.9 Å². The molecule has 25 heavy (non-hydrogen) atoms. The van der Waals surface area contributed by atoms with Gasteiger partial charge in [0.2, 0.25) is 0 Å². The molecule has 1 amide bonds. The molecule has 3 rings (SSSR count). The van der Waals surface area contributed by atoms with Gasteiger partial charge in [0.25, 0.3) is 5.91 Å². The molecule has 4 heteroatoms. The van der Waals surface area contributed by atoms with E-state index in [-0.39, 0.29) is 12.0 Å². The summed E-state index contributed by atoms with van der Waals surface area (Å²) in [5, 5.41) is 0. The Kier molecular flexibility index (Phi) is 5.49. The molecular formula is C21H26N2O2. The number of nitrogens with zero attached hydrogens (tertiary/aromatic N) is 2. The molecule has 1 aliphatic rings. The maximum Gasteiger partial charge on any atom is 0.272 e. The molecule has 0 aliphatic carbocycles. The van der Waals surface area contributed by atoms with Gasteiger partial charge < -0.3 is 9.64 Å². The van der Waals surface area contributed by atoms with Crippen LogP contribution in [0.5, 0.6) is 0 Å². The molecule has 1 saturated heterocycles. The van der Waals surface area contributed by atoms with Crippen LogP contribution >= 0.6 is 0 Å². The van der Waals surface area contributed by atoms with Gasteiger partial charge >= 0.3 is 0 Å². The predicted octanol–water partition coefficient (Wildman–Crippen LogP) is 3.42. The fraction of sp³-hybridized carbons (Fsp3) is 0.429. The van der Waals surface area contributed by atoms with Gasteiger partial charge in [0.15, 0.2) is 0 Å². The van der Waals surface area contributed by atoms with Crippen LogP contribution in [0.1, 0.15) is 33.6 Å². The van der Waals surface area contributed by atoms with Crippen molar-refractivity contribution in [2.45, 2.75) is 32.8 Å². The average Bonchev–Trinajstić information content (AvgIpc) is 2.62. The van der Waals surface area contributed by atoms with Crippen molar-refractivity contribution in [3.05, 3.63) is 65.0 Å². The van der Waals surface area contributed by atoms with Crippen molar-refractivity contribution in [3.8, 4) is 0 Å². The Morgan fingerprint density at radius 2 is 2.08 bits per heavy atom. The lowest BCUT2D eigenvalue weighted by molar-refractivity contribution is -0.00317. The first-order valence-corrected chi connectivity index (χ1v) is 8.87. The Labute approximate surface area is 149 Å². The number of aryl methyl sites for hydroxylation is 2. The van der Waals surface area contributed by atoms with E-state index in [9.17, 15) is 4.79 Å². The maximum absolute atomic E-state index is 12.8. The maximum atomic E-state index is 12.8. The lowest BCUT2D eigenvalue weighted by atomic mass is 9.88. The summed E-state index contributed by atoms with van der Waals surface area (Å²) >= 11 is 0. The van der Waals surface area contributed by atoms with Crippen molar-refractivity contribution in [2.75, 3.05) is 20.2 Å². The molecular weight excluding hydrogens is 312 g/mol. The number of likely N-dealkylation sites (tertiary alicyclic amines) is 1. The monoisotopic (exact) mass is 338 g/mol. The van der Waals surface area contributed by atoms with Crippen LogP contribution in [0.3, 0.4) is 0 Å². The summed E-state index contributed by atoms with van der Waals surface area (Å²) in [4.78, 5) is 19.0. The third-order valence-electron chi connectivity index (χ3n) is 4.97. The summed E-state index contributed by atoms with van der Waals surface area (Å²) in [6.45, 7) is 5.51. The van der Waals surface area contributed by atoms with Gasteiger partial charge in [-0.05, 0) is 43.9 Å². The molecule has 0 N–H and O–H groups in total. The third kappa shape index (κ3) is 4.26. The van der Waals surface area contributed by atoms with Crippen LogP contribution in [-0.4, -0.2) is 42.1 Å². The van der Waals surface area contributed by atoms with Crippen molar-refractivity contribution in [2.24, 2.45) is 5.92 Å². The highest BCUT2D eigenvalue weighted by molar-refractivity contribution is 5.92. The van der Waals surface area contributed by atoms with E-state index in [1.807, 2.05) is 24.0 Å². The molecule has 2 aromatic rings. The normalized spacial score (nSPS) is 20.5. The third-order valence-corrected chi connectivity index (χ3v) is 4.97. The highest BCUT2D eigenvalue weighted by Gasteiger charge is 2.32. The predicted molar refractivity (Wildman–Crippen MR) is 98.7 cm³/mol. The van der Waals surface area contributed by atoms with Gasteiger partial charge in [-0.3, -0.25) is 9.78 Å². The quantitative estimate of drug-likeness (QED) is 0.858. The molecule has 1 fully saturated rings. The van der Waals surface area contributed by atoms with E-state index in [4.69, 9.17) is 4.74 Å². The second-order valence-electron chi connectivity index (χ2n) is 6.99. The van der Waals surface area contributed by atoms with E-state index in [1.54, 1.807) is 13.3 Å². The minimum absolute atomic E-state index is 0.0174. The number of aromatic nitrogens is 1. The summed E-state index contributed by atoms with van der Waals surface area (Å²) in [6.07, 6.45) is 3.73. The lowest BCUT2D eigenvalue weighted by Crippen LogP contribution is -2.47. The number of hydrogen-bond donors (Lipinski definition) is 0. The molecule has 0 spiro atoms. The summed E-state index contributed by atoms with van der Waals surface area (Å²) < 4.78 is 5.70. The van der Waals surface area contributed by atoms with Gasteiger partial charge in [-0.15, -0.1) is 0 Å². The fourth-order valence-electron chi connectivity index (χ4n) is 3.60. The Bertz CT molecular complexity index is 727. The second kappa shape index (κ2) is 7.79. The smallest absolute Gasteiger partial charge is 0.272 e. The van der Waals surface area contributed by atoms with E-state index in [2.05, 4.69) is 36.2 Å². The minimum atomic E-state index is 0.0174. The molecule has 4 nitrogen and oxygen atoms in total. The van der Waals surface area contributed by atoms with Crippen molar-refractivity contribution < 1.29 is 9.53 Å². The number of carbonyl (C=O) groups is 1. The van der Waals surface area contributed by atoms with Crippen molar-refractivity contribution >= 4 is 5.91 Å². The van der Waals surface area contributed by atoms with Crippen molar-refractivity contribution in [1.29, 1.82) is 0 Å². The molecule has 0 bridgehead atoms. The Morgan fingerprint density at radius 1 is 1.24 bits per heavy atom. The molecule has 132 valence electrons. The van der Waals surface area contributed by atoms with E-state index in [1.165, 1.54) is 11.1 Å². The second-order valence-corrected chi connectivity index (χ2v) is 6.99. The van der Waals surface area contributed by atoms with Crippen molar-refractivity contribution in [1.82, 2.24) is 9.88 Å². The van der Waals surface area contributed by atoms with Gasteiger partial charge in [0, 0.05) is 32.3 Å². The lowest BCUT2D eigenvalue weighted by Gasteiger charge is -2.38. The number of amides is 1. The Balaban J connectivity index is 1.73. The number of rotatable bonds is 4. The highest BCUT2D eigenvalue weighted by atomic mass is 16.5. The molecule has 2 atom stereocenters. The number of carbonyl (C=O) groups excluding carboxylic acids is 1. The average molecular weight is 338 g/mol. The summed E-state index contributed by atoms with van der Waals surface area (Å²) in [5.41, 5.74) is 4.15. The molecule has 0 unspecified atom stereocenters. The highest BCUT2D eigenvalue weighted by Crippen LogP contribution is 2.25. The zero-order valence-electron chi connectivity index (χ0n) is 15.2. The van der Waals surface area contributed by atoms with Gasteiger partial charge in [0.05, 0.1) is 6.10 Å². The van der Waals surface area contributed by atoms with Crippen LogP contribution < -0.4 is 0 Å². The number of pyridine rings is 1. The molecule has 1 aromatic heterocycles. The van der Waals surface area contributed by atoms with E-state index >= 15 is 0 Å². The van der Waals surface area contributed by atoms with Crippen LogP contribution in [0.15, 0.2) is 42.6 Å². The van der Waals surface area contributed by atoms with Crippen LogP contribution in [0, 0.1) is 19.8 Å². The zero-order chi connectivity index (χ0) is 17.8. The number of methoxy groups -OCH3 is 1. The number of hydrogen-bond acceptors (Lipinski definition) is 3. The van der Waals surface area contributed by atoms with Gasteiger partial charge in [-0.25, -0.2) is 0 Å². The van der Waals surface area contributed by atoms with Crippen LogP contribution in [0.2, 0.25) is 0 Å². The van der Waals surface area contributed by atoms with E-state index < -0.39 is 0 Å². The summed E-state index contributed by atoms with van der Waals surface area (Å²) in [6, 6.07) is 12.3. The van der Waals surface area contributed by atoms with Gasteiger partial charge in [0.1, 0.15) is 5.69 Å². The number of benzene rings is 1. The van der Waals surface area contributed by atoms with Crippen LogP contribution in [-0.2, 0) is 11.2 Å². The topological polar surface area (TPSA) is 42.4 Å². The van der Waals surface area contributed by atoms with Gasteiger partial charge in [-0.2, -0.15) is 0 Å². The van der Waals surface area contributed by atoms with Crippen LogP contribution in [0.25, 0.3) is 0 Å². The van der Waals surface area contributed by atoms with Crippen molar-refractivity contribution in [3.63, 3.8) is 0 Å². The first kappa shape index (κ1) is 17.6. The molecule has 2 heterocycles. The summed E-state index contributed by atoms with van der Waals surface area (Å²) in [7, 11) is 1.77. The first-order valence-electron chi connectivity index (χ1n) is 8.87. The fourth-order valence-corrected chi connectivity index (χ4v) is 3.60. The molecule has 0 radical (unpaired) electrons. The molecule has 1 aromatic carbocycles. The SMILES string of the molecule is CO[C@H]1CCN(C(=O)c2ccc(C)cn2)C[C@H]1Cc1cccc(C)c1. The summed E-state index contributed by atoms with van der Waals surface area (Å²) in [5.74, 6) is 0.318. The molecule has 0 saturated carbocycles. The standard InChI is InChI=1S/C21H26N2O2/c1-15-5-4-6-17(11-15)12-18-14-23(10-9-20(18)25-3)21(24)19-8-7-16(2)13-22-19/h4-8,11,13,18,20H,9-10,12,14H2,1-3H3/t18-,20+/m1/s1. The van der Waals surface area contributed by atoms with E-state index in [0.717, 1.165) is 24.9 Å². The van der Waals surface area contributed by atoms with E-state index in [0.29, 0.717) is 18.2 Å².